The fourth-order valence-electron chi connectivity index (χ4n) is 3.26. The highest BCUT2D eigenvalue weighted by Gasteiger charge is 2.38. The first-order valence-electron chi connectivity index (χ1n) is 6.79. The molecule has 0 spiro atoms. The Balaban J connectivity index is 2.64. The number of ether oxygens (including phenoxy) is 1. The van der Waals surface area contributed by atoms with E-state index in [0.29, 0.717) is 11.0 Å². The highest BCUT2D eigenvalue weighted by Crippen LogP contribution is 2.47. The highest BCUT2D eigenvalue weighted by atomic mass is 79.9. The fourth-order valence-corrected chi connectivity index (χ4v) is 3.97. The standard InChI is InChI=1S/C15H21BrFNO/c1-10-8-11(17)13(16)12(14(10)19-2)15(9-18)6-4-3-5-7-15/h8H,3-7,9,18H2,1-2H3. The topological polar surface area (TPSA) is 35.2 Å². The Morgan fingerprint density at radius 3 is 2.53 bits per heavy atom. The molecule has 0 atom stereocenters. The van der Waals surface area contributed by atoms with Crippen molar-refractivity contribution in [1.82, 2.24) is 0 Å². The van der Waals surface area contributed by atoms with Crippen LogP contribution in [0.1, 0.15) is 43.2 Å². The van der Waals surface area contributed by atoms with E-state index in [1.807, 2.05) is 6.92 Å². The lowest BCUT2D eigenvalue weighted by molar-refractivity contribution is 0.284. The lowest BCUT2D eigenvalue weighted by Gasteiger charge is -2.38. The Morgan fingerprint density at radius 1 is 1.37 bits per heavy atom. The predicted molar refractivity (Wildman–Crippen MR) is 79.2 cm³/mol. The van der Waals surface area contributed by atoms with Gasteiger partial charge in [-0.15, -0.1) is 0 Å². The van der Waals surface area contributed by atoms with Crippen molar-refractivity contribution >= 4 is 15.9 Å². The molecule has 1 aliphatic carbocycles. The SMILES string of the molecule is COc1c(C)cc(F)c(Br)c1C1(CN)CCCCC1. The number of nitrogens with two attached hydrogens (primary N) is 1. The zero-order chi connectivity index (χ0) is 14.0. The largest absolute Gasteiger partial charge is 0.496 e. The summed E-state index contributed by atoms with van der Waals surface area (Å²) in [6.45, 7) is 2.41. The third-order valence-electron chi connectivity index (χ3n) is 4.29. The molecule has 19 heavy (non-hydrogen) atoms. The van der Waals surface area contributed by atoms with E-state index in [1.165, 1.54) is 12.5 Å². The summed E-state index contributed by atoms with van der Waals surface area (Å²) in [5.41, 5.74) is 7.66. The van der Waals surface area contributed by atoms with Gasteiger partial charge in [0.05, 0.1) is 11.6 Å². The van der Waals surface area contributed by atoms with E-state index in [1.54, 1.807) is 7.11 Å². The van der Waals surface area contributed by atoms with Gasteiger partial charge in [0.15, 0.2) is 0 Å². The molecular formula is C15H21BrFNO. The Hall–Kier alpha value is -0.610. The van der Waals surface area contributed by atoms with Gasteiger partial charge in [0.25, 0.3) is 0 Å². The number of benzene rings is 1. The van der Waals surface area contributed by atoms with E-state index in [-0.39, 0.29) is 11.2 Å². The Bertz CT molecular complexity index is 470. The molecule has 4 heteroatoms. The quantitative estimate of drug-likeness (QED) is 0.907. The van der Waals surface area contributed by atoms with Gasteiger partial charge in [-0.05, 0) is 47.3 Å². The molecule has 2 N–H and O–H groups in total. The number of hydrogen-bond donors (Lipinski definition) is 1. The molecule has 0 aliphatic heterocycles. The minimum absolute atomic E-state index is 0.157. The van der Waals surface area contributed by atoms with Crippen LogP contribution in [0.5, 0.6) is 5.75 Å². The molecule has 1 aromatic rings. The van der Waals surface area contributed by atoms with Gasteiger partial charge in [-0.2, -0.15) is 0 Å². The van der Waals surface area contributed by atoms with Crippen LogP contribution in [0.15, 0.2) is 10.5 Å². The van der Waals surface area contributed by atoms with E-state index in [2.05, 4.69) is 15.9 Å². The zero-order valence-electron chi connectivity index (χ0n) is 11.6. The maximum atomic E-state index is 14.1. The van der Waals surface area contributed by atoms with Crippen LogP contribution < -0.4 is 10.5 Å². The molecule has 0 unspecified atom stereocenters. The van der Waals surface area contributed by atoms with Gasteiger partial charge in [-0.1, -0.05) is 19.3 Å². The number of methoxy groups -OCH3 is 1. The van der Waals surface area contributed by atoms with Crippen LogP contribution in [0.3, 0.4) is 0 Å². The lowest BCUT2D eigenvalue weighted by Crippen LogP contribution is -2.38. The van der Waals surface area contributed by atoms with E-state index in [9.17, 15) is 4.39 Å². The Labute approximate surface area is 122 Å². The summed E-state index contributed by atoms with van der Waals surface area (Å²) in [5.74, 6) is 0.548. The number of rotatable bonds is 3. The first-order valence-corrected chi connectivity index (χ1v) is 7.58. The number of aryl methyl sites for hydroxylation is 1. The minimum Gasteiger partial charge on any atom is -0.496 e. The Kier molecular flexibility index (Phi) is 4.51. The lowest BCUT2D eigenvalue weighted by atomic mass is 9.69. The van der Waals surface area contributed by atoms with E-state index in [0.717, 1.165) is 42.6 Å². The average Bonchev–Trinajstić information content (AvgIpc) is 2.43. The van der Waals surface area contributed by atoms with Gasteiger partial charge in [0.2, 0.25) is 0 Å². The average molecular weight is 330 g/mol. The molecular weight excluding hydrogens is 309 g/mol. The summed E-state index contributed by atoms with van der Waals surface area (Å²) < 4.78 is 20.1. The molecule has 0 amide bonds. The molecule has 1 fully saturated rings. The maximum absolute atomic E-state index is 14.1. The van der Waals surface area contributed by atoms with E-state index in [4.69, 9.17) is 10.5 Å². The van der Waals surface area contributed by atoms with E-state index >= 15 is 0 Å². The summed E-state index contributed by atoms with van der Waals surface area (Å²) in [4.78, 5) is 0. The highest BCUT2D eigenvalue weighted by molar-refractivity contribution is 9.10. The molecule has 0 bridgehead atoms. The van der Waals surface area contributed by atoms with Gasteiger partial charge in [-0.3, -0.25) is 0 Å². The third-order valence-corrected chi connectivity index (χ3v) is 5.07. The van der Waals surface area contributed by atoms with Crippen LogP contribution in [-0.4, -0.2) is 13.7 Å². The number of halogens is 2. The first kappa shape index (κ1) is 14.8. The minimum atomic E-state index is -0.230. The van der Waals surface area contributed by atoms with Crippen LogP contribution in [0.25, 0.3) is 0 Å². The predicted octanol–water partition coefficient (Wildman–Crippen LogP) is 4.07. The summed E-state index contributed by atoms with van der Waals surface area (Å²) in [7, 11) is 1.64. The summed E-state index contributed by atoms with van der Waals surface area (Å²) in [6.07, 6.45) is 5.52. The Morgan fingerprint density at radius 2 is 2.00 bits per heavy atom. The van der Waals surface area contributed by atoms with Crippen molar-refractivity contribution in [1.29, 1.82) is 0 Å². The van der Waals surface area contributed by atoms with Crippen molar-refractivity contribution in [3.63, 3.8) is 0 Å². The monoisotopic (exact) mass is 329 g/mol. The summed E-state index contributed by atoms with van der Waals surface area (Å²) in [5, 5.41) is 0. The zero-order valence-corrected chi connectivity index (χ0v) is 13.1. The molecule has 0 aromatic heterocycles. The summed E-state index contributed by atoms with van der Waals surface area (Å²) in [6, 6.07) is 1.51. The third kappa shape index (κ3) is 2.52. The molecule has 0 heterocycles. The van der Waals surface area contributed by atoms with Crippen LogP contribution in [0.4, 0.5) is 4.39 Å². The van der Waals surface area contributed by atoms with Gasteiger partial charge in [-0.25, -0.2) is 4.39 Å². The maximum Gasteiger partial charge on any atom is 0.138 e. The molecule has 1 aliphatic rings. The van der Waals surface area contributed by atoms with E-state index < -0.39 is 0 Å². The van der Waals surface area contributed by atoms with Crippen LogP contribution in [-0.2, 0) is 5.41 Å². The van der Waals surface area contributed by atoms with Gasteiger partial charge in [0, 0.05) is 17.5 Å². The molecule has 2 nitrogen and oxygen atoms in total. The second-order valence-corrected chi connectivity index (χ2v) is 6.24. The molecule has 1 saturated carbocycles. The molecule has 1 aromatic carbocycles. The van der Waals surface area contributed by atoms with Gasteiger partial charge >= 0.3 is 0 Å². The molecule has 0 radical (unpaired) electrons. The number of hydrogen-bond acceptors (Lipinski definition) is 2. The van der Waals surface area contributed by atoms with Crippen molar-refractivity contribution in [2.45, 2.75) is 44.4 Å². The van der Waals surface area contributed by atoms with Crippen LogP contribution >= 0.6 is 15.9 Å². The molecule has 0 saturated heterocycles. The normalized spacial score (nSPS) is 18.4. The molecule has 2 rings (SSSR count). The molecule has 106 valence electrons. The smallest absolute Gasteiger partial charge is 0.138 e. The van der Waals surface area contributed by atoms with Crippen LogP contribution in [0.2, 0.25) is 0 Å². The first-order chi connectivity index (χ1) is 9.05. The van der Waals surface area contributed by atoms with Crippen molar-refractivity contribution in [2.24, 2.45) is 5.73 Å². The van der Waals surface area contributed by atoms with Crippen molar-refractivity contribution in [3.05, 3.63) is 27.5 Å². The second kappa shape index (κ2) is 5.80. The summed E-state index contributed by atoms with van der Waals surface area (Å²) >= 11 is 3.41. The van der Waals surface area contributed by atoms with Crippen molar-refractivity contribution < 1.29 is 9.13 Å². The van der Waals surface area contributed by atoms with Crippen molar-refractivity contribution in [3.8, 4) is 5.75 Å². The second-order valence-electron chi connectivity index (χ2n) is 5.44. The van der Waals surface area contributed by atoms with Gasteiger partial charge in [0.1, 0.15) is 11.6 Å². The van der Waals surface area contributed by atoms with Gasteiger partial charge < -0.3 is 10.5 Å². The van der Waals surface area contributed by atoms with Crippen LogP contribution in [0, 0.1) is 12.7 Å². The van der Waals surface area contributed by atoms with Crippen molar-refractivity contribution in [2.75, 3.05) is 13.7 Å². The fraction of sp³-hybridized carbons (Fsp3) is 0.600.